The molecule has 0 aliphatic rings. The molecule has 7 heteroatoms. The first kappa shape index (κ1) is 15.0. The van der Waals surface area contributed by atoms with E-state index in [2.05, 4.69) is 4.98 Å². The van der Waals surface area contributed by atoms with Crippen LogP contribution in [0, 0.1) is 5.82 Å². The molecule has 0 atom stereocenters. The Bertz CT molecular complexity index is 668. The molecule has 0 unspecified atom stereocenters. The maximum Gasteiger partial charge on any atom is 0.307 e. The van der Waals surface area contributed by atoms with Gasteiger partial charge in [0, 0.05) is 10.6 Å². The second kappa shape index (κ2) is 5.95. The molecule has 3 nitrogen and oxygen atoms in total. The number of nitrogens with zero attached hydrogens (tertiary/aromatic N) is 1. The largest absolute Gasteiger partial charge is 0.481 e. The van der Waals surface area contributed by atoms with Crippen molar-refractivity contribution in [2.24, 2.45) is 0 Å². The number of hydrogen-bond donors (Lipinski definition) is 1. The summed E-state index contributed by atoms with van der Waals surface area (Å²) in [6.45, 7) is 0. The SMILES string of the molecule is O=C(O)Cc1cc(F)cnc1-c1c(Cl)cc(Cl)cc1Cl. The normalized spacial score (nSPS) is 10.6. The molecule has 0 bridgehead atoms. The van der Waals surface area contributed by atoms with Crippen LogP contribution in [0.3, 0.4) is 0 Å². The molecule has 1 aromatic carbocycles. The van der Waals surface area contributed by atoms with Gasteiger partial charge in [0.1, 0.15) is 5.82 Å². The van der Waals surface area contributed by atoms with Crippen LogP contribution in [-0.4, -0.2) is 16.1 Å². The molecule has 0 spiro atoms. The first-order valence-electron chi connectivity index (χ1n) is 5.39. The van der Waals surface area contributed by atoms with Crippen molar-refractivity contribution in [3.63, 3.8) is 0 Å². The summed E-state index contributed by atoms with van der Waals surface area (Å²) in [6, 6.07) is 4.01. The van der Waals surface area contributed by atoms with Crippen LogP contribution in [0.2, 0.25) is 15.1 Å². The summed E-state index contributed by atoms with van der Waals surface area (Å²) in [5.74, 6) is -1.74. The van der Waals surface area contributed by atoms with Gasteiger partial charge in [0.15, 0.2) is 0 Å². The molecule has 0 fully saturated rings. The van der Waals surface area contributed by atoms with Crippen LogP contribution in [-0.2, 0) is 11.2 Å². The molecule has 0 saturated heterocycles. The lowest BCUT2D eigenvalue weighted by Crippen LogP contribution is -2.04. The van der Waals surface area contributed by atoms with Crippen LogP contribution in [0.1, 0.15) is 5.56 Å². The summed E-state index contributed by atoms with van der Waals surface area (Å²) in [4.78, 5) is 14.8. The Morgan fingerprint density at radius 3 is 2.35 bits per heavy atom. The molecule has 20 heavy (non-hydrogen) atoms. The molecule has 1 aromatic heterocycles. The van der Waals surface area contributed by atoms with Crippen LogP contribution < -0.4 is 0 Å². The number of carboxylic acids is 1. The van der Waals surface area contributed by atoms with Crippen molar-refractivity contribution < 1.29 is 14.3 Å². The maximum absolute atomic E-state index is 13.2. The van der Waals surface area contributed by atoms with Crippen molar-refractivity contribution in [3.8, 4) is 11.3 Å². The minimum absolute atomic E-state index is 0.184. The zero-order valence-electron chi connectivity index (χ0n) is 9.83. The van der Waals surface area contributed by atoms with Crippen molar-refractivity contribution in [3.05, 3.63) is 50.8 Å². The number of aliphatic carboxylic acids is 1. The number of aromatic nitrogens is 1. The lowest BCUT2D eigenvalue weighted by molar-refractivity contribution is -0.136. The van der Waals surface area contributed by atoms with Crippen molar-refractivity contribution in [1.82, 2.24) is 4.98 Å². The van der Waals surface area contributed by atoms with Gasteiger partial charge in [-0.15, -0.1) is 0 Å². The Labute approximate surface area is 128 Å². The second-order valence-electron chi connectivity index (χ2n) is 3.98. The Morgan fingerprint density at radius 1 is 1.20 bits per heavy atom. The fraction of sp³-hybridized carbons (Fsp3) is 0.0769. The summed E-state index contributed by atoms with van der Waals surface area (Å²) < 4.78 is 13.2. The standard InChI is InChI=1S/C13H7Cl3FNO2/c14-7-3-9(15)12(10(16)4-7)13-6(2-11(19)20)1-8(17)5-18-13/h1,3-5H,2H2,(H,19,20). The van der Waals surface area contributed by atoms with Gasteiger partial charge < -0.3 is 5.11 Å². The highest BCUT2D eigenvalue weighted by Crippen LogP contribution is 2.37. The van der Waals surface area contributed by atoms with E-state index in [-0.39, 0.29) is 21.3 Å². The van der Waals surface area contributed by atoms with Crippen LogP contribution in [0.4, 0.5) is 4.39 Å². The third-order valence-corrected chi connectivity index (χ3v) is 3.33. The Hall–Kier alpha value is -1.36. The number of hydrogen-bond acceptors (Lipinski definition) is 2. The highest BCUT2D eigenvalue weighted by atomic mass is 35.5. The van der Waals surface area contributed by atoms with Gasteiger partial charge in [-0.2, -0.15) is 0 Å². The van der Waals surface area contributed by atoms with E-state index >= 15 is 0 Å². The Kier molecular flexibility index (Phi) is 4.48. The molecule has 104 valence electrons. The van der Waals surface area contributed by atoms with E-state index in [1.54, 1.807) is 0 Å². The predicted octanol–water partition coefficient (Wildman–Crippen LogP) is 4.48. The number of carbonyl (C=O) groups is 1. The molecule has 0 aliphatic heterocycles. The summed E-state index contributed by atoms with van der Waals surface area (Å²) >= 11 is 18.0. The predicted molar refractivity (Wildman–Crippen MR) is 76.0 cm³/mol. The maximum atomic E-state index is 13.2. The highest BCUT2D eigenvalue weighted by Gasteiger charge is 2.17. The fourth-order valence-electron chi connectivity index (χ4n) is 1.77. The number of halogens is 4. The first-order valence-corrected chi connectivity index (χ1v) is 6.53. The minimum atomic E-state index is -1.11. The Balaban J connectivity index is 2.66. The summed E-state index contributed by atoms with van der Waals surface area (Å²) in [7, 11) is 0. The first-order chi connectivity index (χ1) is 9.38. The van der Waals surface area contributed by atoms with Crippen molar-refractivity contribution in [1.29, 1.82) is 0 Å². The topological polar surface area (TPSA) is 50.2 Å². The van der Waals surface area contributed by atoms with E-state index in [1.807, 2.05) is 0 Å². The molecule has 0 saturated carbocycles. The van der Waals surface area contributed by atoms with E-state index in [9.17, 15) is 9.18 Å². The molecule has 0 aliphatic carbocycles. The van der Waals surface area contributed by atoms with Crippen LogP contribution >= 0.6 is 34.8 Å². The van der Waals surface area contributed by atoms with Crippen molar-refractivity contribution in [2.75, 3.05) is 0 Å². The van der Waals surface area contributed by atoms with E-state index in [0.29, 0.717) is 10.6 Å². The minimum Gasteiger partial charge on any atom is -0.481 e. The van der Waals surface area contributed by atoms with Gasteiger partial charge in [0.2, 0.25) is 0 Å². The molecule has 0 radical (unpaired) electrons. The van der Waals surface area contributed by atoms with Crippen LogP contribution in [0.15, 0.2) is 24.4 Å². The van der Waals surface area contributed by atoms with E-state index in [4.69, 9.17) is 39.9 Å². The number of rotatable bonds is 3. The van der Waals surface area contributed by atoms with E-state index < -0.39 is 18.2 Å². The van der Waals surface area contributed by atoms with Gasteiger partial charge in [-0.05, 0) is 23.8 Å². The molecule has 1 N–H and O–H groups in total. The molecule has 1 heterocycles. The summed E-state index contributed by atoms with van der Waals surface area (Å²) in [6.07, 6.45) is 0.581. The van der Waals surface area contributed by atoms with Crippen molar-refractivity contribution in [2.45, 2.75) is 6.42 Å². The third-order valence-electron chi connectivity index (χ3n) is 2.52. The van der Waals surface area contributed by atoms with Gasteiger partial charge in [0.05, 0.1) is 28.4 Å². The smallest absolute Gasteiger partial charge is 0.307 e. The van der Waals surface area contributed by atoms with Gasteiger partial charge in [-0.1, -0.05) is 34.8 Å². The lowest BCUT2D eigenvalue weighted by atomic mass is 10.0. The fourth-order valence-corrected chi connectivity index (χ4v) is 2.77. The van der Waals surface area contributed by atoms with Gasteiger partial charge in [-0.3, -0.25) is 9.78 Å². The number of benzene rings is 1. The molecule has 2 rings (SSSR count). The van der Waals surface area contributed by atoms with E-state index in [0.717, 1.165) is 12.3 Å². The zero-order valence-corrected chi connectivity index (χ0v) is 12.1. The molecule has 2 aromatic rings. The van der Waals surface area contributed by atoms with Crippen LogP contribution in [0.5, 0.6) is 0 Å². The lowest BCUT2D eigenvalue weighted by Gasteiger charge is -2.11. The average Bonchev–Trinajstić information content (AvgIpc) is 2.29. The number of carboxylic acid groups (broad SMARTS) is 1. The van der Waals surface area contributed by atoms with Gasteiger partial charge >= 0.3 is 5.97 Å². The molecule has 0 amide bonds. The van der Waals surface area contributed by atoms with Gasteiger partial charge in [-0.25, -0.2) is 4.39 Å². The number of pyridine rings is 1. The van der Waals surface area contributed by atoms with Gasteiger partial charge in [0.25, 0.3) is 0 Å². The summed E-state index contributed by atoms with van der Waals surface area (Å²) in [5.41, 5.74) is 0.734. The quantitative estimate of drug-likeness (QED) is 0.900. The van der Waals surface area contributed by atoms with Crippen molar-refractivity contribution >= 4 is 40.8 Å². The molecular weight excluding hydrogens is 328 g/mol. The van der Waals surface area contributed by atoms with Crippen LogP contribution in [0.25, 0.3) is 11.3 Å². The van der Waals surface area contributed by atoms with E-state index in [1.165, 1.54) is 12.1 Å². The zero-order chi connectivity index (χ0) is 14.9. The second-order valence-corrected chi connectivity index (χ2v) is 5.23. The Morgan fingerprint density at radius 2 is 1.80 bits per heavy atom. The monoisotopic (exact) mass is 333 g/mol. The average molecular weight is 335 g/mol. The summed E-state index contributed by atoms with van der Waals surface area (Å²) in [5, 5.41) is 9.65. The highest BCUT2D eigenvalue weighted by molar-refractivity contribution is 6.41. The molecular formula is C13H7Cl3FNO2. The third kappa shape index (κ3) is 3.20.